The maximum atomic E-state index is 14.2. The van der Waals surface area contributed by atoms with Crippen molar-refractivity contribution in [3.05, 3.63) is 52.0 Å². The molecule has 1 aliphatic carbocycles. The quantitative estimate of drug-likeness (QED) is 0.753. The second kappa shape index (κ2) is 5.64. The SMILES string of the molecule is CCC=C1C2=C(CCCC2)C(=O)N1c1ccc(Cl)cc1F. The van der Waals surface area contributed by atoms with Crippen LogP contribution in [0.15, 0.2) is 41.1 Å². The molecule has 0 spiro atoms. The van der Waals surface area contributed by atoms with Crippen LogP contribution in [0.2, 0.25) is 5.02 Å². The molecule has 0 fully saturated rings. The summed E-state index contributed by atoms with van der Waals surface area (Å²) in [6.45, 7) is 2.02. The zero-order valence-electron chi connectivity index (χ0n) is 12.0. The summed E-state index contributed by atoms with van der Waals surface area (Å²) >= 11 is 5.81. The minimum atomic E-state index is -0.460. The van der Waals surface area contributed by atoms with Gasteiger partial charge >= 0.3 is 0 Å². The standard InChI is InChI=1S/C17H17ClFNO/c1-2-5-15-12-6-3-4-7-13(12)17(21)20(15)16-9-8-11(18)10-14(16)19/h5,8-10H,2-4,6-7H2,1H3. The Kier molecular flexibility index (Phi) is 3.85. The highest BCUT2D eigenvalue weighted by molar-refractivity contribution is 6.30. The Morgan fingerprint density at radius 1 is 1.29 bits per heavy atom. The summed E-state index contributed by atoms with van der Waals surface area (Å²) in [6, 6.07) is 4.46. The van der Waals surface area contributed by atoms with Gasteiger partial charge in [-0.2, -0.15) is 0 Å². The molecule has 1 amide bonds. The minimum absolute atomic E-state index is 0.0781. The number of hydrogen-bond donors (Lipinski definition) is 0. The Morgan fingerprint density at radius 3 is 2.67 bits per heavy atom. The van der Waals surface area contributed by atoms with Crippen molar-refractivity contribution in [1.29, 1.82) is 0 Å². The van der Waals surface area contributed by atoms with Gasteiger partial charge in [0.1, 0.15) is 5.82 Å². The number of carbonyl (C=O) groups excluding carboxylic acids is 1. The van der Waals surface area contributed by atoms with Crippen LogP contribution in [0.3, 0.4) is 0 Å². The molecular weight excluding hydrogens is 289 g/mol. The molecule has 0 atom stereocenters. The predicted octanol–water partition coefficient (Wildman–Crippen LogP) is 4.99. The van der Waals surface area contributed by atoms with Crippen molar-refractivity contribution in [3.8, 4) is 0 Å². The predicted molar refractivity (Wildman–Crippen MR) is 82.8 cm³/mol. The maximum Gasteiger partial charge on any atom is 0.259 e. The number of halogens is 2. The molecule has 0 radical (unpaired) electrons. The summed E-state index contributed by atoms with van der Waals surface area (Å²) < 4.78 is 14.2. The maximum absolute atomic E-state index is 14.2. The number of hydrogen-bond acceptors (Lipinski definition) is 1. The van der Waals surface area contributed by atoms with E-state index in [0.717, 1.165) is 48.9 Å². The third kappa shape index (κ3) is 2.40. The number of rotatable bonds is 2. The van der Waals surface area contributed by atoms with Gasteiger partial charge in [-0.3, -0.25) is 9.69 Å². The first-order valence-electron chi connectivity index (χ1n) is 7.35. The van der Waals surface area contributed by atoms with Gasteiger partial charge in [-0.25, -0.2) is 4.39 Å². The third-order valence-corrected chi connectivity index (χ3v) is 4.26. The molecular formula is C17H17ClFNO. The number of benzene rings is 1. The zero-order valence-corrected chi connectivity index (χ0v) is 12.7. The molecule has 1 aromatic carbocycles. The Balaban J connectivity index is 2.10. The van der Waals surface area contributed by atoms with Crippen LogP contribution in [0, 0.1) is 5.82 Å². The van der Waals surface area contributed by atoms with Crippen LogP contribution in [-0.4, -0.2) is 5.91 Å². The highest BCUT2D eigenvalue weighted by atomic mass is 35.5. The lowest BCUT2D eigenvalue weighted by Crippen LogP contribution is -2.26. The molecule has 0 unspecified atom stereocenters. The third-order valence-electron chi connectivity index (χ3n) is 4.03. The molecule has 0 saturated carbocycles. The molecule has 0 saturated heterocycles. The van der Waals surface area contributed by atoms with Crippen LogP contribution in [0.25, 0.3) is 0 Å². The Bertz CT molecular complexity index is 663. The van der Waals surface area contributed by atoms with E-state index in [0.29, 0.717) is 10.7 Å². The van der Waals surface area contributed by atoms with E-state index in [-0.39, 0.29) is 5.91 Å². The number of carbonyl (C=O) groups is 1. The molecule has 1 aromatic rings. The van der Waals surface area contributed by atoms with E-state index in [4.69, 9.17) is 11.6 Å². The summed E-state index contributed by atoms with van der Waals surface area (Å²) in [5.74, 6) is -0.539. The fraction of sp³-hybridized carbons (Fsp3) is 0.353. The molecule has 21 heavy (non-hydrogen) atoms. The van der Waals surface area contributed by atoms with Gasteiger partial charge in [-0.1, -0.05) is 24.6 Å². The summed E-state index contributed by atoms with van der Waals surface area (Å²) in [5, 5.41) is 0.335. The molecule has 4 heteroatoms. The first kappa shape index (κ1) is 14.3. The molecule has 2 aliphatic rings. The molecule has 0 aromatic heterocycles. The van der Waals surface area contributed by atoms with E-state index in [1.54, 1.807) is 12.1 Å². The topological polar surface area (TPSA) is 20.3 Å². The van der Waals surface area contributed by atoms with Crippen molar-refractivity contribution in [2.75, 3.05) is 4.90 Å². The van der Waals surface area contributed by atoms with Crippen molar-refractivity contribution in [1.82, 2.24) is 0 Å². The summed E-state index contributed by atoms with van der Waals surface area (Å²) in [5.41, 5.74) is 3.11. The molecule has 3 rings (SSSR count). The van der Waals surface area contributed by atoms with E-state index in [1.807, 2.05) is 13.0 Å². The second-order valence-corrected chi connectivity index (χ2v) is 5.83. The lowest BCUT2D eigenvalue weighted by Gasteiger charge is -2.21. The molecule has 1 aliphatic heterocycles. The van der Waals surface area contributed by atoms with E-state index >= 15 is 0 Å². The fourth-order valence-electron chi connectivity index (χ4n) is 3.11. The van der Waals surface area contributed by atoms with Crippen molar-refractivity contribution in [2.24, 2.45) is 0 Å². The first-order chi connectivity index (χ1) is 10.1. The van der Waals surface area contributed by atoms with Gasteiger partial charge in [-0.15, -0.1) is 0 Å². The van der Waals surface area contributed by atoms with Gasteiger partial charge in [0.05, 0.1) is 5.69 Å². The normalized spacial score (nSPS) is 20.4. The van der Waals surface area contributed by atoms with Crippen molar-refractivity contribution >= 4 is 23.2 Å². The number of nitrogens with zero attached hydrogens (tertiary/aromatic N) is 1. The fourth-order valence-corrected chi connectivity index (χ4v) is 3.27. The van der Waals surface area contributed by atoms with Crippen LogP contribution in [0.4, 0.5) is 10.1 Å². The van der Waals surface area contributed by atoms with Gasteiger partial charge in [0.15, 0.2) is 0 Å². The first-order valence-corrected chi connectivity index (χ1v) is 7.73. The van der Waals surface area contributed by atoms with Crippen LogP contribution in [0.1, 0.15) is 39.0 Å². The number of allylic oxidation sites excluding steroid dienone is 2. The lowest BCUT2D eigenvalue weighted by molar-refractivity contribution is -0.114. The Hall–Kier alpha value is -1.61. The van der Waals surface area contributed by atoms with E-state index < -0.39 is 5.82 Å². The van der Waals surface area contributed by atoms with Gasteiger partial charge in [0, 0.05) is 16.3 Å². The van der Waals surface area contributed by atoms with Crippen LogP contribution < -0.4 is 4.90 Å². The Morgan fingerprint density at radius 2 is 2.00 bits per heavy atom. The average molecular weight is 306 g/mol. The monoisotopic (exact) mass is 305 g/mol. The van der Waals surface area contributed by atoms with E-state index in [9.17, 15) is 9.18 Å². The van der Waals surface area contributed by atoms with Crippen LogP contribution in [-0.2, 0) is 4.79 Å². The van der Waals surface area contributed by atoms with Crippen molar-refractivity contribution in [2.45, 2.75) is 39.0 Å². The molecule has 110 valence electrons. The highest BCUT2D eigenvalue weighted by Crippen LogP contribution is 2.42. The lowest BCUT2D eigenvalue weighted by atomic mass is 9.92. The second-order valence-electron chi connectivity index (χ2n) is 5.40. The Labute approximate surface area is 128 Å². The number of anilines is 1. The molecule has 0 N–H and O–H groups in total. The van der Waals surface area contributed by atoms with Gasteiger partial charge in [0.2, 0.25) is 0 Å². The summed E-state index contributed by atoms with van der Waals surface area (Å²) in [6.07, 6.45) is 6.63. The minimum Gasteiger partial charge on any atom is -0.274 e. The van der Waals surface area contributed by atoms with Gasteiger partial charge in [-0.05, 0) is 55.9 Å². The van der Waals surface area contributed by atoms with E-state index in [1.165, 1.54) is 11.0 Å². The highest BCUT2D eigenvalue weighted by Gasteiger charge is 2.37. The van der Waals surface area contributed by atoms with Gasteiger partial charge in [0.25, 0.3) is 5.91 Å². The largest absolute Gasteiger partial charge is 0.274 e. The van der Waals surface area contributed by atoms with Gasteiger partial charge < -0.3 is 0 Å². The molecule has 0 bridgehead atoms. The van der Waals surface area contributed by atoms with Crippen molar-refractivity contribution < 1.29 is 9.18 Å². The van der Waals surface area contributed by atoms with Crippen LogP contribution >= 0.6 is 11.6 Å². The molecule has 1 heterocycles. The summed E-state index contributed by atoms with van der Waals surface area (Å²) in [4.78, 5) is 14.2. The summed E-state index contributed by atoms with van der Waals surface area (Å²) in [7, 11) is 0. The number of amides is 1. The average Bonchev–Trinajstić information content (AvgIpc) is 2.74. The smallest absolute Gasteiger partial charge is 0.259 e. The van der Waals surface area contributed by atoms with Crippen molar-refractivity contribution in [3.63, 3.8) is 0 Å². The zero-order chi connectivity index (χ0) is 15.0. The van der Waals surface area contributed by atoms with E-state index in [2.05, 4.69) is 0 Å². The molecule has 2 nitrogen and oxygen atoms in total. The van der Waals surface area contributed by atoms with Crippen LogP contribution in [0.5, 0.6) is 0 Å².